The highest BCUT2D eigenvalue weighted by Gasteiger charge is 2.29. The third kappa shape index (κ3) is 2.98. The summed E-state index contributed by atoms with van der Waals surface area (Å²) in [6.45, 7) is 4.89. The van der Waals surface area contributed by atoms with Gasteiger partial charge in [0.05, 0.1) is 12.1 Å². The fourth-order valence-corrected chi connectivity index (χ4v) is 2.43. The Morgan fingerprint density at radius 3 is 2.89 bits per heavy atom. The topological polar surface area (TPSA) is 38.3 Å². The molecule has 2 unspecified atom stereocenters. The summed E-state index contributed by atoms with van der Waals surface area (Å²) >= 11 is 0. The molecule has 1 aliphatic rings. The Kier molecular flexibility index (Phi) is 4.15. The smallest absolute Gasteiger partial charge is 0.154 e. The predicted molar refractivity (Wildman–Crippen MR) is 71.8 cm³/mol. The molecule has 1 saturated heterocycles. The summed E-state index contributed by atoms with van der Waals surface area (Å²) in [6.07, 6.45) is 1.49. The van der Waals surface area contributed by atoms with Crippen molar-refractivity contribution in [2.75, 3.05) is 13.7 Å². The van der Waals surface area contributed by atoms with Gasteiger partial charge in [-0.1, -0.05) is 23.8 Å². The monoisotopic (exact) mass is 247 g/mol. The van der Waals surface area contributed by atoms with Crippen molar-refractivity contribution in [1.82, 2.24) is 5.32 Å². The van der Waals surface area contributed by atoms with E-state index in [4.69, 9.17) is 4.74 Å². The van der Waals surface area contributed by atoms with Crippen molar-refractivity contribution in [2.45, 2.75) is 38.8 Å². The van der Waals surface area contributed by atoms with Gasteiger partial charge in [0.1, 0.15) is 0 Å². The molecule has 1 aliphatic heterocycles. The Labute approximate surface area is 109 Å². The number of carbonyl (C=O) groups is 1. The molecule has 0 aliphatic carbocycles. The summed E-state index contributed by atoms with van der Waals surface area (Å²) in [6, 6.07) is 6.22. The van der Waals surface area contributed by atoms with Gasteiger partial charge in [-0.2, -0.15) is 0 Å². The Morgan fingerprint density at radius 2 is 2.22 bits per heavy atom. The minimum absolute atomic E-state index is 0.0464. The fourth-order valence-electron chi connectivity index (χ4n) is 2.43. The molecule has 0 spiro atoms. The summed E-state index contributed by atoms with van der Waals surface area (Å²) in [5, 5.41) is 3.24. The van der Waals surface area contributed by atoms with Crippen LogP contribution in [0.5, 0.6) is 0 Å². The molecule has 1 aromatic rings. The molecule has 0 radical (unpaired) electrons. The van der Waals surface area contributed by atoms with Crippen molar-refractivity contribution < 1.29 is 9.53 Å². The van der Waals surface area contributed by atoms with Gasteiger partial charge in [-0.15, -0.1) is 0 Å². The van der Waals surface area contributed by atoms with Crippen LogP contribution in [0.3, 0.4) is 0 Å². The highest BCUT2D eigenvalue weighted by atomic mass is 16.5. The summed E-state index contributed by atoms with van der Waals surface area (Å²) < 4.78 is 5.27. The van der Waals surface area contributed by atoms with Crippen LogP contribution in [-0.2, 0) is 16.0 Å². The van der Waals surface area contributed by atoms with Gasteiger partial charge in [-0.3, -0.25) is 4.79 Å². The normalized spacial score (nSPS) is 23.3. The van der Waals surface area contributed by atoms with E-state index in [0.29, 0.717) is 6.42 Å². The third-order valence-corrected chi connectivity index (χ3v) is 3.68. The molecule has 1 aromatic carbocycles. The first kappa shape index (κ1) is 13.2. The highest BCUT2D eigenvalue weighted by molar-refractivity contribution is 5.86. The van der Waals surface area contributed by atoms with Crippen LogP contribution in [0.4, 0.5) is 0 Å². The minimum Gasteiger partial charge on any atom is -0.380 e. The first-order chi connectivity index (χ1) is 8.60. The molecule has 18 heavy (non-hydrogen) atoms. The van der Waals surface area contributed by atoms with Crippen LogP contribution in [-0.4, -0.2) is 31.6 Å². The number of Topliss-reactive ketones (excluding diaryl/α,β-unsaturated/α-hetero) is 1. The van der Waals surface area contributed by atoms with E-state index in [1.807, 2.05) is 0 Å². The van der Waals surface area contributed by atoms with E-state index >= 15 is 0 Å². The van der Waals surface area contributed by atoms with Gasteiger partial charge in [-0.25, -0.2) is 0 Å². The van der Waals surface area contributed by atoms with Crippen LogP contribution in [0.1, 0.15) is 23.1 Å². The van der Waals surface area contributed by atoms with Crippen molar-refractivity contribution in [3.8, 4) is 0 Å². The molecule has 98 valence electrons. The zero-order valence-corrected chi connectivity index (χ0v) is 11.3. The molecule has 1 N–H and O–H groups in total. The Balaban J connectivity index is 2.01. The van der Waals surface area contributed by atoms with Gasteiger partial charge in [0.25, 0.3) is 0 Å². The summed E-state index contributed by atoms with van der Waals surface area (Å²) in [7, 11) is 1.70. The second-order valence-electron chi connectivity index (χ2n) is 5.13. The van der Waals surface area contributed by atoms with E-state index in [1.165, 1.54) is 11.1 Å². The van der Waals surface area contributed by atoms with Crippen molar-refractivity contribution in [1.29, 1.82) is 0 Å². The molecular formula is C15H21NO2. The summed E-state index contributed by atoms with van der Waals surface area (Å²) in [4.78, 5) is 12.2. The van der Waals surface area contributed by atoms with E-state index in [1.54, 1.807) is 7.11 Å². The zero-order chi connectivity index (χ0) is 13.1. The average Bonchev–Trinajstić information content (AvgIpc) is 2.82. The molecule has 2 atom stereocenters. The highest BCUT2D eigenvalue weighted by Crippen LogP contribution is 2.16. The molecule has 1 heterocycles. The standard InChI is InChI=1S/C15H21NO2/c1-10-4-5-11(2)12(6-10)7-15(17)14-8-13(18-3)9-16-14/h4-6,13-14,16H,7-9H2,1-3H3. The fraction of sp³-hybridized carbons (Fsp3) is 0.533. The number of hydrogen-bond donors (Lipinski definition) is 1. The van der Waals surface area contributed by atoms with Crippen molar-refractivity contribution in [3.05, 3.63) is 34.9 Å². The number of aryl methyl sites for hydroxylation is 2. The van der Waals surface area contributed by atoms with Crippen molar-refractivity contribution >= 4 is 5.78 Å². The SMILES string of the molecule is COC1CNC(C(=O)Cc2cc(C)ccc2C)C1. The molecule has 3 nitrogen and oxygen atoms in total. The van der Waals surface area contributed by atoms with Crippen LogP contribution in [0.2, 0.25) is 0 Å². The van der Waals surface area contributed by atoms with E-state index < -0.39 is 0 Å². The molecule has 0 bridgehead atoms. The number of rotatable bonds is 4. The summed E-state index contributed by atoms with van der Waals surface area (Å²) in [5.74, 6) is 0.267. The minimum atomic E-state index is -0.0464. The maximum Gasteiger partial charge on any atom is 0.154 e. The number of hydrogen-bond acceptors (Lipinski definition) is 3. The second kappa shape index (κ2) is 5.63. The Morgan fingerprint density at radius 1 is 1.44 bits per heavy atom. The van der Waals surface area contributed by atoms with Crippen LogP contribution in [0, 0.1) is 13.8 Å². The van der Waals surface area contributed by atoms with E-state index in [2.05, 4.69) is 37.4 Å². The predicted octanol–water partition coefficient (Wildman–Crippen LogP) is 1.79. The lowest BCUT2D eigenvalue weighted by Crippen LogP contribution is -2.32. The van der Waals surface area contributed by atoms with Crippen molar-refractivity contribution in [3.63, 3.8) is 0 Å². The lowest BCUT2D eigenvalue weighted by Gasteiger charge is -2.11. The number of ketones is 1. The van der Waals surface area contributed by atoms with Crippen LogP contribution < -0.4 is 5.32 Å². The van der Waals surface area contributed by atoms with Gasteiger partial charge in [-0.05, 0) is 31.4 Å². The van der Waals surface area contributed by atoms with Crippen LogP contribution in [0.25, 0.3) is 0 Å². The zero-order valence-electron chi connectivity index (χ0n) is 11.3. The lowest BCUT2D eigenvalue weighted by atomic mass is 9.97. The van der Waals surface area contributed by atoms with Crippen molar-refractivity contribution in [2.24, 2.45) is 0 Å². The van der Waals surface area contributed by atoms with Gasteiger partial charge in [0.15, 0.2) is 5.78 Å². The molecule has 0 aromatic heterocycles. The first-order valence-corrected chi connectivity index (χ1v) is 6.45. The maximum atomic E-state index is 12.2. The first-order valence-electron chi connectivity index (χ1n) is 6.45. The van der Waals surface area contributed by atoms with E-state index in [-0.39, 0.29) is 17.9 Å². The lowest BCUT2D eigenvalue weighted by molar-refractivity contribution is -0.120. The number of nitrogens with one attached hydrogen (secondary N) is 1. The number of ether oxygens (including phenoxy) is 1. The van der Waals surface area contributed by atoms with Gasteiger partial charge in [0, 0.05) is 20.1 Å². The largest absolute Gasteiger partial charge is 0.380 e. The van der Waals surface area contributed by atoms with Gasteiger partial charge in [0.2, 0.25) is 0 Å². The second-order valence-corrected chi connectivity index (χ2v) is 5.13. The van der Waals surface area contributed by atoms with E-state index in [0.717, 1.165) is 18.5 Å². The number of methoxy groups -OCH3 is 1. The molecule has 1 fully saturated rings. The average molecular weight is 247 g/mol. The maximum absolute atomic E-state index is 12.2. The van der Waals surface area contributed by atoms with Crippen LogP contribution in [0.15, 0.2) is 18.2 Å². The quantitative estimate of drug-likeness (QED) is 0.881. The Bertz CT molecular complexity index is 442. The molecule has 0 amide bonds. The van der Waals surface area contributed by atoms with E-state index in [9.17, 15) is 4.79 Å². The van der Waals surface area contributed by atoms with Gasteiger partial charge < -0.3 is 10.1 Å². The molecule has 0 saturated carbocycles. The number of benzene rings is 1. The molecule has 2 rings (SSSR count). The molecular weight excluding hydrogens is 226 g/mol. The van der Waals surface area contributed by atoms with Gasteiger partial charge >= 0.3 is 0 Å². The third-order valence-electron chi connectivity index (χ3n) is 3.68. The number of carbonyl (C=O) groups excluding carboxylic acids is 1. The Hall–Kier alpha value is -1.19. The van der Waals surface area contributed by atoms with Crippen LogP contribution >= 0.6 is 0 Å². The summed E-state index contributed by atoms with van der Waals surface area (Å²) in [5.41, 5.74) is 3.54. The molecule has 3 heteroatoms.